The number of aliphatic hydroxyl groups excluding tert-OH is 2. The minimum atomic E-state index is -0.125. The maximum Gasteiger partial charge on any atom is 0.127 e. The predicted molar refractivity (Wildman–Crippen MR) is 76.6 cm³/mol. The Kier molecular flexibility index (Phi) is 6.64. The van der Waals surface area contributed by atoms with Gasteiger partial charge in [-0.15, -0.1) is 0 Å². The van der Waals surface area contributed by atoms with E-state index in [1.54, 1.807) is 0 Å². The molecule has 2 aromatic carbocycles. The quantitative estimate of drug-likeness (QED) is 0.891. The van der Waals surface area contributed by atoms with E-state index in [1.165, 1.54) is 11.1 Å². The average molecular weight is 260 g/mol. The molecule has 2 aromatic rings. The Morgan fingerprint density at radius 3 is 1.53 bits per heavy atom. The Labute approximate surface area is 114 Å². The Morgan fingerprint density at radius 2 is 1.21 bits per heavy atom. The number of benzene rings is 2. The molecule has 0 aliphatic heterocycles. The lowest BCUT2D eigenvalue weighted by Gasteiger charge is -2.06. The molecular formula is C16H20O3. The van der Waals surface area contributed by atoms with Crippen LogP contribution in [-0.4, -0.2) is 23.4 Å². The molecule has 0 unspecified atom stereocenters. The summed E-state index contributed by atoms with van der Waals surface area (Å²) < 4.78 is 5.74. The van der Waals surface area contributed by atoms with E-state index >= 15 is 0 Å². The van der Waals surface area contributed by atoms with Crippen molar-refractivity contribution in [2.75, 3.05) is 13.2 Å². The molecule has 0 radical (unpaired) electrons. The van der Waals surface area contributed by atoms with Crippen molar-refractivity contribution in [1.82, 2.24) is 0 Å². The number of aliphatic hydroxyl groups is 2. The number of aryl methyl sites for hydroxylation is 2. The SMILES string of the molecule is Cc1cccc(Oc2cccc(C)c2)c1.OCCO. The third-order valence-corrected chi connectivity index (χ3v) is 2.31. The fourth-order valence-electron chi connectivity index (χ4n) is 1.49. The predicted octanol–water partition coefficient (Wildman–Crippen LogP) is 3.07. The maximum atomic E-state index is 7.62. The van der Waals surface area contributed by atoms with Gasteiger partial charge >= 0.3 is 0 Å². The molecule has 0 saturated heterocycles. The van der Waals surface area contributed by atoms with Crippen LogP contribution in [0.4, 0.5) is 0 Å². The number of ether oxygens (including phenoxy) is 1. The molecule has 0 fully saturated rings. The summed E-state index contributed by atoms with van der Waals surface area (Å²) >= 11 is 0. The molecule has 0 bridgehead atoms. The summed E-state index contributed by atoms with van der Waals surface area (Å²) in [7, 11) is 0. The van der Waals surface area contributed by atoms with Crippen molar-refractivity contribution in [1.29, 1.82) is 0 Å². The zero-order chi connectivity index (χ0) is 14.1. The van der Waals surface area contributed by atoms with Crippen molar-refractivity contribution in [3.05, 3.63) is 59.7 Å². The summed E-state index contributed by atoms with van der Waals surface area (Å²) in [6, 6.07) is 16.1. The lowest BCUT2D eigenvalue weighted by Crippen LogP contribution is -1.85. The fourth-order valence-corrected chi connectivity index (χ4v) is 1.49. The number of hydrogen-bond acceptors (Lipinski definition) is 3. The van der Waals surface area contributed by atoms with Crippen LogP contribution in [0.1, 0.15) is 11.1 Å². The topological polar surface area (TPSA) is 49.7 Å². The second kappa shape index (κ2) is 8.29. The van der Waals surface area contributed by atoms with Gasteiger partial charge in [0.25, 0.3) is 0 Å². The van der Waals surface area contributed by atoms with Crippen LogP contribution in [0, 0.1) is 13.8 Å². The first-order valence-corrected chi connectivity index (χ1v) is 6.18. The molecular weight excluding hydrogens is 240 g/mol. The molecule has 0 amide bonds. The first-order chi connectivity index (χ1) is 9.15. The van der Waals surface area contributed by atoms with E-state index in [1.807, 2.05) is 36.4 Å². The summed E-state index contributed by atoms with van der Waals surface area (Å²) in [5, 5.41) is 15.2. The zero-order valence-corrected chi connectivity index (χ0v) is 11.3. The second-order valence-corrected chi connectivity index (χ2v) is 4.18. The normalized spacial score (nSPS) is 9.47. The summed E-state index contributed by atoms with van der Waals surface area (Å²) in [6.45, 7) is 3.87. The van der Waals surface area contributed by atoms with Crippen LogP contribution in [0.25, 0.3) is 0 Å². The van der Waals surface area contributed by atoms with Crippen LogP contribution in [0.5, 0.6) is 11.5 Å². The zero-order valence-electron chi connectivity index (χ0n) is 11.3. The summed E-state index contributed by atoms with van der Waals surface area (Å²) in [5.74, 6) is 1.78. The molecule has 3 nitrogen and oxygen atoms in total. The standard InChI is InChI=1S/C14H14O.C2H6O2/c1-11-5-3-7-13(9-11)15-14-8-4-6-12(2)10-14;3-1-2-4/h3-10H,1-2H3;3-4H,1-2H2. The van der Waals surface area contributed by atoms with Crippen molar-refractivity contribution in [3.63, 3.8) is 0 Å². The van der Waals surface area contributed by atoms with E-state index in [9.17, 15) is 0 Å². The van der Waals surface area contributed by atoms with E-state index in [0.29, 0.717) is 0 Å². The Bertz CT molecular complexity index is 449. The first kappa shape index (κ1) is 15.2. The van der Waals surface area contributed by atoms with E-state index in [4.69, 9.17) is 14.9 Å². The third kappa shape index (κ3) is 6.04. The lowest BCUT2D eigenvalue weighted by molar-refractivity contribution is 0.186. The highest BCUT2D eigenvalue weighted by Crippen LogP contribution is 2.22. The summed E-state index contributed by atoms with van der Waals surface area (Å²) in [5.41, 5.74) is 2.42. The molecule has 2 rings (SSSR count). The molecule has 102 valence electrons. The van der Waals surface area contributed by atoms with Gasteiger partial charge in [-0.05, 0) is 49.2 Å². The summed E-state index contributed by atoms with van der Waals surface area (Å²) in [4.78, 5) is 0. The van der Waals surface area contributed by atoms with Gasteiger partial charge in [0.1, 0.15) is 11.5 Å². The van der Waals surface area contributed by atoms with Gasteiger partial charge in [0.2, 0.25) is 0 Å². The molecule has 0 heterocycles. The van der Waals surface area contributed by atoms with Crippen molar-refractivity contribution in [2.24, 2.45) is 0 Å². The smallest absolute Gasteiger partial charge is 0.127 e. The highest BCUT2D eigenvalue weighted by Gasteiger charge is 1.96. The van der Waals surface area contributed by atoms with Gasteiger partial charge in [0.15, 0.2) is 0 Å². The fraction of sp³-hybridized carbons (Fsp3) is 0.250. The molecule has 0 aliphatic rings. The van der Waals surface area contributed by atoms with Gasteiger partial charge in [-0.1, -0.05) is 24.3 Å². The molecule has 0 aromatic heterocycles. The molecule has 0 spiro atoms. The minimum absolute atomic E-state index is 0.125. The molecule has 0 atom stereocenters. The van der Waals surface area contributed by atoms with E-state index in [-0.39, 0.29) is 13.2 Å². The number of rotatable bonds is 3. The Morgan fingerprint density at radius 1 is 0.789 bits per heavy atom. The Balaban J connectivity index is 0.000000399. The molecule has 19 heavy (non-hydrogen) atoms. The van der Waals surface area contributed by atoms with Crippen molar-refractivity contribution < 1.29 is 14.9 Å². The lowest BCUT2D eigenvalue weighted by atomic mass is 10.2. The van der Waals surface area contributed by atoms with Gasteiger partial charge in [0.05, 0.1) is 13.2 Å². The van der Waals surface area contributed by atoms with Gasteiger partial charge in [0, 0.05) is 0 Å². The van der Waals surface area contributed by atoms with E-state index < -0.39 is 0 Å². The van der Waals surface area contributed by atoms with Gasteiger partial charge in [-0.25, -0.2) is 0 Å². The highest BCUT2D eigenvalue weighted by molar-refractivity contribution is 5.35. The number of hydrogen-bond donors (Lipinski definition) is 2. The van der Waals surface area contributed by atoms with Gasteiger partial charge in [-0.3, -0.25) is 0 Å². The van der Waals surface area contributed by atoms with Gasteiger partial charge in [-0.2, -0.15) is 0 Å². The first-order valence-electron chi connectivity index (χ1n) is 6.18. The van der Waals surface area contributed by atoms with Crippen LogP contribution in [-0.2, 0) is 0 Å². The molecule has 2 N–H and O–H groups in total. The highest BCUT2D eigenvalue weighted by atomic mass is 16.5. The van der Waals surface area contributed by atoms with Crippen LogP contribution < -0.4 is 4.74 Å². The second-order valence-electron chi connectivity index (χ2n) is 4.18. The molecule has 3 heteroatoms. The van der Waals surface area contributed by atoms with Crippen molar-refractivity contribution in [3.8, 4) is 11.5 Å². The largest absolute Gasteiger partial charge is 0.457 e. The van der Waals surface area contributed by atoms with Crippen LogP contribution in [0.15, 0.2) is 48.5 Å². The van der Waals surface area contributed by atoms with Crippen molar-refractivity contribution >= 4 is 0 Å². The van der Waals surface area contributed by atoms with Crippen LogP contribution in [0.2, 0.25) is 0 Å². The Hall–Kier alpha value is -1.84. The van der Waals surface area contributed by atoms with E-state index in [2.05, 4.69) is 26.0 Å². The average Bonchev–Trinajstić information content (AvgIpc) is 2.39. The molecule has 0 saturated carbocycles. The third-order valence-electron chi connectivity index (χ3n) is 2.31. The maximum absolute atomic E-state index is 7.62. The van der Waals surface area contributed by atoms with Crippen molar-refractivity contribution in [2.45, 2.75) is 13.8 Å². The summed E-state index contributed by atoms with van der Waals surface area (Å²) in [6.07, 6.45) is 0. The molecule has 0 aliphatic carbocycles. The van der Waals surface area contributed by atoms with Gasteiger partial charge < -0.3 is 14.9 Å². The van der Waals surface area contributed by atoms with Crippen LogP contribution in [0.3, 0.4) is 0 Å². The van der Waals surface area contributed by atoms with E-state index in [0.717, 1.165) is 11.5 Å². The van der Waals surface area contributed by atoms with Crippen LogP contribution >= 0.6 is 0 Å². The monoisotopic (exact) mass is 260 g/mol. The minimum Gasteiger partial charge on any atom is -0.457 e.